The van der Waals surface area contributed by atoms with E-state index >= 15 is 0 Å². The molecule has 0 unspecified atom stereocenters. The summed E-state index contributed by atoms with van der Waals surface area (Å²) >= 11 is 0. The van der Waals surface area contributed by atoms with E-state index < -0.39 is 0 Å². The topological polar surface area (TPSA) is 9.23 Å². The summed E-state index contributed by atoms with van der Waals surface area (Å²) in [5, 5.41) is 0. The quantitative estimate of drug-likeness (QED) is 0.572. The predicted molar refractivity (Wildman–Crippen MR) is 36.3 cm³/mol. The zero-order chi connectivity index (χ0) is 7.33. The smallest absolute Gasteiger partial charge is 0.113 e. The molecule has 0 radical (unpaired) electrons. The van der Waals surface area contributed by atoms with Gasteiger partial charge in [0, 0.05) is 0 Å². The first-order valence-electron chi connectivity index (χ1n) is 3.32. The molecule has 0 aromatic carbocycles. The Kier molecular flexibility index (Phi) is 3.78. The maximum Gasteiger partial charge on any atom is 0.113 e. The molecule has 9 heavy (non-hydrogen) atoms. The fourth-order valence-corrected chi connectivity index (χ4v) is 0.417. The first kappa shape index (κ1) is 8.89. The van der Waals surface area contributed by atoms with Crippen LogP contribution in [0.3, 0.4) is 0 Å². The number of rotatable bonds is 4. The van der Waals surface area contributed by atoms with Crippen LogP contribution in [0.4, 0.5) is 4.39 Å². The van der Waals surface area contributed by atoms with Crippen LogP contribution in [0.2, 0.25) is 0 Å². The highest BCUT2D eigenvalue weighted by molar-refractivity contribution is 4.64. The van der Waals surface area contributed by atoms with Crippen LogP contribution in [0.15, 0.2) is 0 Å². The monoisotopic (exact) mass is 134 g/mol. The van der Waals surface area contributed by atoms with Crippen molar-refractivity contribution in [2.45, 2.75) is 32.8 Å². The van der Waals surface area contributed by atoms with Crippen molar-refractivity contribution in [1.82, 2.24) is 0 Å². The van der Waals surface area contributed by atoms with E-state index in [1.165, 1.54) is 0 Å². The lowest BCUT2D eigenvalue weighted by Crippen LogP contribution is -2.24. The molecule has 1 nitrogen and oxygen atoms in total. The zero-order valence-corrected chi connectivity index (χ0v) is 6.41. The molecule has 0 heterocycles. The fourth-order valence-electron chi connectivity index (χ4n) is 0.417. The highest BCUT2D eigenvalue weighted by atomic mass is 19.1. The van der Waals surface area contributed by atoms with Gasteiger partial charge in [0.15, 0.2) is 0 Å². The van der Waals surface area contributed by atoms with Crippen molar-refractivity contribution in [3.05, 3.63) is 0 Å². The molecule has 0 saturated carbocycles. The van der Waals surface area contributed by atoms with Gasteiger partial charge in [0.1, 0.15) is 6.67 Å². The van der Waals surface area contributed by atoms with E-state index in [4.69, 9.17) is 4.74 Å². The Balaban J connectivity index is 3.33. The maximum absolute atomic E-state index is 11.5. The highest BCUT2D eigenvalue weighted by Crippen LogP contribution is 2.12. The van der Waals surface area contributed by atoms with Crippen molar-refractivity contribution in [2.24, 2.45) is 0 Å². The molecule has 0 aromatic heterocycles. The van der Waals surface area contributed by atoms with Gasteiger partial charge in [-0.2, -0.15) is 0 Å². The maximum atomic E-state index is 11.5. The molecule has 0 aliphatic rings. The van der Waals surface area contributed by atoms with Gasteiger partial charge in [-0.25, -0.2) is 4.39 Å². The zero-order valence-electron chi connectivity index (χ0n) is 6.41. The lowest BCUT2D eigenvalue weighted by molar-refractivity contribution is -0.0254. The average molecular weight is 134 g/mol. The Labute approximate surface area is 56.2 Å². The Morgan fingerprint density at radius 1 is 1.44 bits per heavy atom. The van der Waals surface area contributed by atoms with Gasteiger partial charge in [-0.15, -0.1) is 0 Å². The number of halogens is 1. The molecule has 0 atom stereocenters. The second kappa shape index (κ2) is 3.83. The summed E-state index contributed by atoms with van der Waals surface area (Å²) in [5.41, 5.74) is -0.147. The van der Waals surface area contributed by atoms with Crippen molar-refractivity contribution in [3.8, 4) is 0 Å². The molecule has 0 N–H and O–H groups in total. The molecular weight excluding hydrogens is 119 g/mol. The first-order chi connectivity index (χ1) is 4.12. The Morgan fingerprint density at radius 2 is 2.00 bits per heavy atom. The van der Waals surface area contributed by atoms with Crippen LogP contribution in [0.1, 0.15) is 27.2 Å². The number of hydrogen-bond donors (Lipinski definition) is 0. The van der Waals surface area contributed by atoms with Gasteiger partial charge in [-0.3, -0.25) is 0 Å². The van der Waals surface area contributed by atoms with E-state index in [1.807, 2.05) is 20.8 Å². The minimum atomic E-state index is -0.385. The summed E-state index contributed by atoms with van der Waals surface area (Å²) in [6.07, 6.45) is 0.924. The predicted octanol–water partition coefficient (Wildman–Crippen LogP) is 2.16. The molecule has 0 bridgehead atoms. The van der Waals surface area contributed by atoms with Crippen LogP contribution in [-0.2, 0) is 4.74 Å². The van der Waals surface area contributed by atoms with Crippen LogP contribution in [-0.4, -0.2) is 18.9 Å². The molecule has 0 aliphatic carbocycles. The van der Waals surface area contributed by atoms with Gasteiger partial charge in [-0.05, 0) is 20.3 Å². The Bertz CT molecular complexity index is 71.3. The van der Waals surface area contributed by atoms with Gasteiger partial charge in [-0.1, -0.05) is 6.92 Å². The summed E-state index contributed by atoms with van der Waals surface area (Å²) in [7, 11) is 0. The highest BCUT2D eigenvalue weighted by Gasteiger charge is 2.13. The molecule has 0 aliphatic heterocycles. The molecule has 0 aromatic rings. The van der Waals surface area contributed by atoms with E-state index in [9.17, 15) is 4.39 Å². The van der Waals surface area contributed by atoms with Crippen LogP contribution in [0.25, 0.3) is 0 Å². The van der Waals surface area contributed by atoms with E-state index in [0.29, 0.717) is 0 Å². The number of ether oxygens (including phenoxy) is 1. The second-order valence-corrected chi connectivity index (χ2v) is 2.65. The van der Waals surface area contributed by atoms with Gasteiger partial charge >= 0.3 is 0 Å². The standard InChI is InChI=1S/C7H15FO/c1-4-7(2,3)9-6-5-8/h4-6H2,1-3H3. The van der Waals surface area contributed by atoms with Crippen molar-refractivity contribution < 1.29 is 9.13 Å². The molecule has 56 valence electrons. The molecule has 0 amide bonds. The normalized spacial score (nSPS) is 12.0. The third-order valence-corrected chi connectivity index (χ3v) is 1.42. The van der Waals surface area contributed by atoms with E-state index in [0.717, 1.165) is 6.42 Å². The minimum absolute atomic E-state index is 0.147. The third-order valence-electron chi connectivity index (χ3n) is 1.42. The Hall–Kier alpha value is -0.110. The largest absolute Gasteiger partial charge is 0.373 e. The SMILES string of the molecule is CCC(C)(C)OCCF. The lowest BCUT2D eigenvalue weighted by atomic mass is 10.1. The second-order valence-electron chi connectivity index (χ2n) is 2.65. The van der Waals surface area contributed by atoms with Crippen molar-refractivity contribution in [2.75, 3.05) is 13.3 Å². The van der Waals surface area contributed by atoms with Crippen LogP contribution >= 0.6 is 0 Å². The average Bonchev–Trinajstić information content (AvgIpc) is 1.84. The lowest BCUT2D eigenvalue weighted by Gasteiger charge is -2.22. The van der Waals surface area contributed by atoms with Gasteiger partial charge in [0.2, 0.25) is 0 Å². The summed E-state index contributed by atoms with van der Waals surface area (Å²) in [5.74, 6) is 0. The van der Waals surface area contributed by atoms with Crippen LogP contribution < -0.4 is 0 Å². The van der Waals surface area contributed by atoms with E-state index in [1.54, 1.807) is 0 Å². The van der Waals surface area contributed by atoms with Crippen LogP contribution in [0, 0.1) is 0 Å². The van der Waals surface area contributed by atoms with Gasteiger partial charge in [0.05, 0.1) is 12.2 Å². The van der Waals surface area contributed by atoms with Crippen molar-refractivity contribution >= 4 is 0 Å². The molecule has 2 heteroatoms. The molecular formula is C7H15FO. The molecule has 0 rings (SSSR count). The van der Waals surface area contributed by atoms with Crippen LogP contribution in [0.5, 0.6) is 0 Å². The molecule has 0 fully saturated rings. The first-order valence-corrected chi connectivity index (χ1v) is 3.32. The minimum Gasteiger partial charge on any atom is -0.373 e. The van der Waals surface area contributed by atoms with E-state index in [2.05, 4.69) is 0 Å². The number of hydrogen-bond acceptors (Lipinski definition) is 1. The van der Waals surface area contributed by atoms with Crippen molar-refractivity contribution in [1.29, 1.82) is 0 Å². The van der Waals surface area contributed by atoms with Gasteiger partial charge < -0.3 is 4.74 Å². The Morgan fingerprint density at radius 3 is 2.33 bits per heavy atom. The van der Waals surface area contributed by atoms with Crippen molar-refractivity contribution in [3.63, 3.8) is 0 Å². The molecule has 0 spiro atoms. The van der Waals surface area contributed by atoms with Gasteiger partial charge in [0.25, 0.3) is 0 Å². The number of alkyl halides is 1. The molecule has 0 saturated heterocycles. The fraction of sp³-hybridized carbons (Fsp3) is 1.00. The van der Waals surface area contributed by atoms with E-state index in [-0.39, 0.29) is 18.9 Å². The summed E-state index contributed by atoms with van der Waals surface area (Å²) < 4.78 is 16.7. The summed E-state index contributed by atoms with van der Waals surface area (Å²) in [4.78, 5) is 0. The summed E-state index contributed by atoms with van der Waals surface area (Å²) in [6, 6.07) is 0. The third kappa shape index (κ3) is 4.40. The summed E-state index contributed by atoms with van der Waals surface area (Å²) in [6.45, 7) is 5.79.